The van der Waals surface area contributed by atoms with Crippen LogP contribution in [0.25, 0.3) is 0 Å². The van der Waals surface area contributed by atoms with Gasteiger partial charge in [-0.1, -0.05) is 26.7 Å². The van der Waals surface area contributed by atoms with E-state index in [1.54, 1.807) is 13.8 Å². The third-order valence-electron chi connectivity index (χ3n) is 13.6. The molecule has 0 aromatic rings. The van der Waals surface area contributed by atoms with Crippen LogP contribution >= 0.6 is 0 Å². The highest BCUT2D eigenvalue weighted by Crippen LogP contribution is 2.64. The predicted octanol–water partition coefficient (Wildman–Crippen LogP) is 7.39. The maximum Gasteiger partial charge on any atom is 0.449 e. The number of allylic oxidation sites excluding steroid dienone is 2. The van der Waals surface area contributed by atoms with Crippen molar-refractivity contribution >= 4 is 0 Å². The number of aliphatic hydroxyl groups excluding tert-OH is 2. The maximum absolute atomic E-state index is 14.6. The molecule has 2 N–H and O–H groups in total. The first-order valence-corrected chi connectivity index (χ1v) is 18.7. The van der Waals surface area contributed by atoms with E-state index >= 15 is 0 Å². The molecule has 2 spiro atoms. The number of aliphatic hydroxyl groups is 2. The average Bonchev–Trinajstić information content (AvgIpc) is 3.44. The summed E-state index contributed by atoms with van der Waals surface area (Å²) >= 11 is 0. The van der Waals surface area contributed by atoms with Gasteiger partial charge in [-0.2, -0.15) is 26.3 Å². The van der Waals surface area contributed by atoms with Crippen molar-refractivity contribution in [1.29, 1.82) is 0 Å². The Balaban J connectivity index is 1.03. The van der Waals surface area contributed by atoms with Gasteiger partial charge in [0.15, 0.2) is 11.2 Å². The molecule has 294 valence electrons. The van der Waals surface area contributed by atoms with Crippen LogP contribution in [0.15, 0.2) is 22.7 Å². The van der Waals surface area contributed by atoms with Crippen molar-refractivity contribution in [3.05, 3.63) is 22.7 Å². The summed E-state index contributed by atoms with van der Waals surface area (Å²) in [5, 5.41) is 23.0. The van der Waals surface area contributed by atoms with Crippen LogP contribution < -0.4 is 0 Å². The molecule has 52 heavy (non-hydrogen) atoms. The molecule has 0 amide bonds. The minimum Gasteiger partial charge on any atom is -0.456 e. The fourth-order valence-electron chi connectivity index (χ4n) is 11.1. The summed E-state index contributed by atoms with van der Waals surface area (Å²) in [5.41, 5.74) is -3.45. The monoisotopic (exact) mass is 754 g/mol. The zero-order valence-electron chi connectivity index (χ0n) is 29.7. The molecular formula is C36H48F6O10. The summed E-state index contributed by atoms with van der Waals surface area (Å²) in [4.78, 5) is 23.4. The Hall–Kier alpha value is -1.66. The predicted molar refractivity (Wildman–Crippen MR) is 164 cm³/mol. The SMILES string of the molecule is C[C@@H]1CC[C@H]2C(C(O)CCCCC(O)C3=C(C(F)(F)F)O[C@@H]4OC5(C)CC[C@H]6[C@H](C)CC[C@@H]3[C@@]46OO5)=C(C(F)(F)F)O[C@@H]3OC4(C)CC[C@@H]1[C@]32OO4. The molecule has 14 atom stereocenters. The highest BCUT2D eigenvalue weighted by Gasteiger charge is 2.72. The molecule has 8 heterocycles. The number of hydrogen-bond acceptors (Lipinski definition) is 10. The molecule has 10 aliphatic rings. The molecular weight excluding hydrogens is 706 g/mol. The number of halogens is 6. The zero-order valence-corrected chi connectivity index (χ0v) is 29.7. The summed E-state index contributed by atoms with van der Waals surface area (Å²) in [6, 6.07) is 0. The van der Waals surface area contributed by atoms with Gasteiger partial charge >= 0.3 is 12.4 Å². The zero-order chi connectivity index (χ0) is 37.2. The molecule has 8 aliphatic heterocycles. The number of ether oxygens (including phenoxy) is 4. The molecule has 10 rings (SSSR count). The summed E-state index contributed by atoms with van der Waals surface area (Å²) in [5.74, 6) is -7.39. The smallest absolute Gasteiger partial charge is 0.449 e. The largest absolute Gasteiger partial charge is 0.456 e. The number of hydrogen-bond donors (Lipinski definition) is 2. The molecule has 16 heteroatoms. The van der Waals surface area contributed by atoms with Crippen molar-refractivity contribution in [2.24, 2.45) is 35.5 Å². The van der Waals surface area contributed by atoms with Gasteiger partial charge in [-0.05, 0) is 77.0 Å². The standard InChI is InChI=1S/C36H48F6O10/c1-17-9-11-21-25(27(35(37,38)39)45-29-33(21)19(17)13-15-31(3,47-29)49-51-33)23(43)7-5-6-8-24(44)26-22-12-10-18(2)20-14-16-32(4)48-30(34(20,22)52-50-32)46-28(26)36(40,41)42/h17-24,29-30,43-44H,5-16H2,1-4H3/t17-,18-,19+,20+,21+,22+,23?,24?,29-,30-,31?,32?,33-,34-/m1/s1. The van der Waals surface area contributed by atoms with Crippen LogP contribution in [0.1, 0.15) is 105 Å². The van der Waals surface area contributed by atoms with Crippen LogP contribution in [0.3, 0.4) is 0 Å². The molecule has 6 saturated heterocycles. The van der Waals surface area contributed by atoms with Gasteiger partial charge in [-0.25, -0.2) is 19.6 Å². The van der Waals surface area contributed by atoms with E-state index < -0.39 is 83.3 Å². The highest BCUT2D eigenvalue weighted by atomic mass is 19.4. The van der Waals surface area contributed by atoms with Gasteiger partial charge in [0.1, 0.15) is 0 Å². The molecule has 8 fully saturated rings. The van der Waals surface area contributed by atoms with E-state index in [0.717, 1.165) is 0 Å². The highest BCUT2D eigenvalue weighted by molar-refractivity contribution is 5.32. The first-order valence-electron chi connectivity index (χ1n) is 18.7. The second-order valence-corrected chi connectivity index (χ2v) is 16.8. The van der Waals surface area contributed by atoms with Gasteiger partial charge in [-0.15, -0.1) is 0 Å². The third-order valence-corrected chi connectivity index (χ3v) is 13.6. The lowest BCUT2D eigenvalue weighted by molar-refractivity contribution is -0.558. The molecule has 0 radical (unpaired) electrons. The second-order valence-electron chi connectivity index (χ2n) is 16.8. The van der Waals surface area contributed by atoms with Crippen molar-refractivity contribution < 1.29 is 75.1 Å². The minimum absolute atomic E-state index is 0.0686. The van der Waals surface area contributed by atoms with E-state index in [0.29, 0.717) is 38.5 Å². The topological polar surface area (TPSA) is 114 Å². The lowest BCUT2D eigenvalue weighted by atomic mass is 9.58. The van der Waals surface area contributed by atoms with E-state index in [9.17, 15) is 36.6 Å². The summed E-state index contributed by atoms with van der Waals surface area (Å²) < 4.78 is 111. The molecule has 2 aliphatic carbocycles. The number of fused-ring (bicyclic) bond motifs is 4. The van der Waals surface area contributed by atoms with Crippen LogP contribution in [0.4, 0.5) is 26.3 Å². The quantitative estimate of drug-likeness (QED) is 0.155. The minimum atomic E-state index is -4.94. The van der Waals surface area contributed by atoms with Crippen molar-refractivity contribution in [3.8, 4) is 0 Å². The van der Waals surface area contributed by atoms with Crippen molar-refractivity contribution in [1.82, 2.24) is 0 Å². The normalized spacial score (nSPS) is 46.8. The Labute approximate surface area is 297 Å². The first kappa shape index (κ1) is 37.3. The first-order chi connectivity index (χ1) is 24.3. The van der Waals surface area contributed by atoms with Gasteiger partial charge in [0.2, 0.25) is 35.7 Å². The number of alkyl halides is 6. The van der Waals surface area contributed by atoms with Crippen molar-refractivity contribution in [2.45, 2.75) is 165 Å². The molecule has 10 nitrogen and oxygen atoms in total. The maximum atomic E-state index is 14.6. The van der Waals surface area contributed by atoms with Gasteiger partial charge in [0.25, 0.3) is 0 Å². The molecule has 2 saturated carbocycles. The Morgan fingerprint density at radius 3 is 1.37 bits per heavy atom. The van der Waals surface area contributed by atoms with Crippen LogP contribution in [0, 0.1) is 35.5 Å². The summed E-state index contributed by atoms with van der Waals surface area (Å²) in [6.45, 7) is 7.23. The average molecular weight is 755 g/mol. The van der Waals surface area contributed by atoms with E-state index in [1.807, 2.05) is 13.8 Å². The lowest BCUT2D eigenvalue weighted by Gasteiger charge is -2.58. The van der Waals surface area contributed by atoms with Gasteiger partial charge in [0.05, 0.1) is 12.2 Å². The van der Waals surface area contributed by atoms with Crippen molar-refractivity contribution in [3.63, 3.8) is 0 Å². The van der Waals surface area contributed by atoms with Gasteiger partial charge in [-0.3, -0.25) is 0 Å². The summed E-state index contributed by atoms with van der Waals surface area (Å²) in [6.07, 6.45) is -12.4. The fraction of sp³-hybridized carbons (Fsp3) is 0.889. The number of rotatable bonds is 7. The lowest BCUT2D eigenvalue weighted by Crippen LogP contribution is -2.68. The molecule has 4 unspecified atom stereocenters. The molecule has 4 bridgehead atoms. The van der Waals surface area contributed by atoms with E-state index in [1.165, 1.54) is 0 Å². The van der Waals surface area contributed by atoms with E-state index in [4.69, 9.17) is 38.5 Å². The molecule has 0 aromatic carbocycles. The van der Waals surface area contributed by atoms with Crippen LogP contribution in [-0.2, 0) is 38.5 Å². The van der Waals surface area contributed by atoms with Crippen LogP contribution in [0.2, 0.25) is 0 Å². The summed E-state index contributed by atoms with van der Waals surface area (Å²) in [7, 11) is 0. The van der Waals surface area contributed by atoms with Crippen LogP contribution in [-0.4, -0.2) is 70.1 Å². The Kier molecular flexibility index (Phi) is 8.90. The Bertz CT molecular complexity index is 1380. The number of unbranched alkanes of at least 4 members (excludes halogenated alkanes) is 1. The van der Waals surface area contributed by atoms with E-state index in [2.05, 4.69) is 0 Å². The van der Waals surface area contributed by atoms with Crippen molar-refractivity contribution in [2.75, 3.05) is 0 Å². The molecule has 0 aromatic heterocycles. The van der Waals surface area contributed by atoms with E-state index in [-0.39, 0.29) is 73.3 Å². The van der Waals surface area contributed by atoms with Gasteiger partial charge in [0, 0.05) is 47.7 Å². The Morgan fingerprint density at radius 1 is 0.615 bits per heavy atom. The second kappa shape index (κ2) is 12.4. The van der Waals surface area contributed by atoms with Crippen LogP contribution in [0.5, 0.6) is 0 Å². The Morgan fingerprint density at radius 2 is 1.00 bits per heavy atom. The van der Waals surface area contributed by atoms with Gasteiger partial charge < -0.3 is 29.2 Å². The third kappa shape index (κ3) is 5.58. The fourth-order valence-corrected chi connectivity index (χ4v) is 11.1.